The molecule has 2 rings (SSSR count). The molecule has 0 unspecified atom stereocenters. The first kappa shape index (κ1) is 14.4. The number of sulfonamides is 1. The van der Waals surface area contributed by atoms with E-state index < -0.39 is 10.0 Å². The van der Waals surface area contributed by atoms with Crippen LogP contribution in [0.4, 0.5) is 5.69 Å². The number of ether oxygens (including phenoxy) is 1. The van der Waals surface area contributed by atoms with Gasteiger partial charge in [0.05, 0.1) is 17.7 Å². The van der Waals surface area contributed by atoms with E-state index in [-0.39, 0.29) is 4.90 Å². The van der Waals surface area contributed by atoms with Gasteiger partial charge in [-0.25, -0.2) is 8.42 Å². The summed E-state index contributed by atoms with van der Waals surface area (Å²) in [5.74, 6) is 0.508. The van der Waals surface area contributed by atoms with Gasteiger partial charge in [-0.3, -0.25) is 4.72 Å². The molecule has 0 amide bonds. The molecule has 0 saturated heterocycles. The zero-order chi connectivity index (χ0) is 14.8. The third-order valence-corrected chi connectivity index (χ3v) is 4.34. The summed E-state index contributed by atoms with van der Waals surface area (Å²) in [5, 5.41) is 0. The fourth-order valence-corrected chi connectivity index (χ4v) is 3.07. The van der Waals surface area contributed by atoms with E-state index in [0.29, 0.717) is 11.4 Å². The summed E-state index contributed by atoms with van der Waals surface area (Å²) in [6, 6.07) is 12.0. The Hall–Kier alpha value is -2.01. The predicted octanol–water partition coefficient (Wildman–Crippen LogP) is 3.11. The molecule has 2 aromatic rings. The number of aryl methyl sites for hydroxylation is 2. The Morgan fingerprint density at radius 2 is 1.80 bits per heavy atom. The van der Waals surface area contributed by atoms with Crippen LogP contribution >= 0.6 is 0 Å². The van der Waals surface area contributed by atoms with Gasteiger partial charge in [0.1, 0.15) is 5.75 Å². The number of rotatable bonds is 4. The van der Waals surface area contributed by atoms with E-state index in [9.17, 15) is 8.42 Å². The van der Waals surface area contributed by atoms with E-state index in [1.54, 1.807) is 18.2 Å². The normalized spacial score (nSPS) is 11.2. The number of hydrogen-bond acceptors (Lipinski definition) is 3. The molecule has 2 aromatic carbocycles. The Morgan fingerprint density at radius 3 is 2.45 bits per heavy atom. The van der Waals surface area contributed by atoms with Crippen molar-refractivity contribution in [2.45, 2.75) is 18.7 Å². The van der Waals surface area contributed by atoms with Gasteiger partial charge in [0.15, 0.2) is 0 Å². The van der Waals surface area contributed by atoms with Gasteiger partial charge in [-0.1, -0.05) is 23.8 Å². The largest absolute Gasteiger partial charge is 0.497 e. The van der Waals surface area contributed by atoms with Crippen LogP contribution in [-0.2, 0) is 10.0 Å². The van der Waals surface area contributed by atoms with Crippen molar-refractivity contribution in [1.29, 1.82) is 0 Å². The second-order valence-electron chi connectivity index (χ2n) is 4.60. The van der Waals surface area contributed by atoms with E-state index >= 15 is 0 Å². The van der Waals surface area contributed by atoms with Crippen molar-refractivity contribution in [3.63, 3.8) is 0 Å². The molecule has 0 bridgehead atoms. The molecule has 0 aromatic heterocycles. The second-order valence-corrected chi connectivity index (χ2v) is 6.29. The molecule has 0 aliphatic carbocycles. The van der Waals surface area contributed by atoms with Gasteiger partial charge >= 0.3 is 0 Å². The lowest BCUT2D eigenvalue weighted by Gasteiger charge is -2.11. The molecule has 0 aliphatic rings. The highest BCUT2D eigenvalue weighted by Gasteiger charge is 2.15. The Bertz CT molecular complexity index is 724. The number of hydrogen-bond donors (Lipinski definition) is 1. The smallest absolute Gasteiger partial charge is 0.262 e. The topological polar surface area (TPSA) is 55.4 Å². The minimum Gasteiger partial charge on any atom is -0.497 e. The van der Waals surface area contributed by atoms with E-state index in [1.165, 1.54) is 19.2 Å². The van der Waals surface area contributed by atoms with Crippen LogP contribution in [0.2, 0.25) is 0 Å². The summed E-state index contributed by atoms with van der Waals surface area (Å²) in [7, 11) is -2.11. The van der Waals surface area contributed by atoms with Gasteiger partial charge in [0.2, 0.25) is 0 Å². The Labute approximate surface area is 119 Å². The highest BCUT2D eigenvalue weighted by atomic mass is 32.2. The third kappa shape index (κ3) is 3.11. The predicted molar refractivity (Wildman–Crippen MR) is 79.7 cm³/mol. The summed E-state index contributed by atoms with van der Waals surface area (Å²) in [4.78, 5) is 0.178. The molecule has 20 heavy (non-hydrogen) atoms. The fraction of sp³-hybridized carbons (Fsp3) is 0.200. The lowest BCUT2D eigenvalue weighted by atomic mass is 10.1. The van der Waals surface area contributed by atoms with Gasteiger partial charge in [-0.15, -0.1) is 0 Å². The zero-order valence-electron chi connectivity index (χ0n) is 11.7. The quantitative estimate of drug-likeness (QED) is 0.941. The summed E-state index contributed by atoms with van der Waals surface area (Å²) in [6.45, 7) is 3.84. The maximum absolute atomic E-state index is 12.3. The molecule has 0 fully saturated rings. The van der Waals surface area contributed by atoms with Crippen LogP contribution in [0, 0.1) is 13.8 Å². The van der Waals surface area contributed by atoms with E-state index in [4.69, 9.17) is 4.74 Å². The maximum Gasteiger partial charge on any atom is 0.262 e. The van der Waals surface area contributed by atoms with E-state index in [0.717, 1.165) is 11.1 Å². The number of methoxy groups -OCH3 is 1. The summed E-state index contributed by atoms with van der Waals surface area (Å²) >= 11 is 0. The Kier molecular flexibility index (Phi) is 3.99. The van der Waals surface area contributed by atoms with Crippen LogP contribution < -0.4 is 9.46 Å². The molecule has 0 heterocycles. The SMILES string of the molecule is COc1cccc(S(=O)(=O)Nc2ccc(C)cc2C)c1. The van der Waals surface area contributed by atoms with Crippen LogP contribution in [0.15, 0.2) is 47.4 Å². The monoisotopic (exact) mass is 291 g/mol. The van der Waals surface area contributed by atoms with Crippen molar-refractivity contribution >= 4 is 15.7 Å². The Morgan fingerprint density at radius 1 is 1.05 bits per heavy atom. The fourth-order valence-electron chi connectivity index (χ4n) is 1.90. The van der Waals surface area contributed by atoms with Crippen molar-refractivity contribution in [3.05, 3.63) is 53.6 Å². The lowest BCUT2D eigenvalue weighted by molar-refractivity contribution is 0.413. The average molecular weight is 291 g/mol. The van der Waals surface area contributed by atoms with Crippen molar-refractivity contribution in [3.8, 4) is 5.75 Å². The van der Waals surface area contributed by atoms with Crippen LogP contribution in [0.25, 0.3) is 0 Å². The molecule has 5 heteroatoms. The summed E-state index contributed by atoms with van der Waals surface area (Å²) in [6.07, 6.45) is 0. The van der Waals surface area contributed by atoms with Crippen LogP contribution in [0.1, 0.15) is 11.1 Å². The Balaban J connectivity index is 2.35. The highest BCUT2D eigenvalue weighted by molar-refractivity contribution is 7.92. The minimum absolute atomic E-state index is 0.178. The van der Waals surface area contributed by atoms with Crippen molar-refractivity contribution in [2.24, 2.45) is 0 Å². The third-order valence-electron chi connectivity index (χ3n) is 2.98. The summed E-state index contributed by atoms with van der Waals surface area (Å²) in [5.41, 5.74) is 2.56. The molecule has 0 aliphatic heterocycles. The first-order chi connectivity index (χ1) is 9.42. The number of anilines is 1. The van der Waals surface area contributed by atoms with Crippen LogP contribution in [0.3, 0.4) is 0 Å². The number of nitrogens with one attached hydrogen (secondary N) is 1. The van der Waals surface area contributed by atoms with E-state index in [1.807, 2.05) is 26.0 Å². The van der Waals surface area contributed by atoms with Gasteiger partial charge in [0.25, 0.3) is 10.0 Å². The van der Waals surface area contributed by atoms with Gasteiger partial charge < -0.3 is 4.74 Å². The van der Waals surface area contributed by atoms with E-state index in [2.05, 4.69) is 4.72 Å². The minimum atomic E-state index is -3.61. The van der Waals surface area contributed by atoms with Gasteiger partial charge in [-0.2, -0.15) is 0 Å². The molecule has 4 nitrogen and oxygen atoms in total. The molecule has 0 radical (unpaired) electrons. The standard InChI is InChI=1S/C15H17NO3S/c1-11-7-8-15(12(2)9-11)16-20(17,18)14-6-4-5-13(10-14)19-3/h4-10,16H,1-3H3. The molecule has 0 spiro atoms. The molecule has 0 saturated carbocycles. The number of benzene rings is 2. The highest BCUT2D eigenvalue weighted by Crippen LogP contribution is 2.22. The summed E-state index contributed by atoms with van der Waals surface area (Å²) < 4.78 is 32.3. The van der Waals surface area contributed by atoms with Crippen molar-refractivity contribution in [1.82, 2.24) is 0 Å². The first-order valence-electron chi connectivity index (χ1n) is 6.16. The molecular weight excluding hydrogens is 274 g/mol. The molecule has 1 N–H and O–H groups in total. The van der Waals surface area contributed by atoms with Gasteiger partial charge in [-0.05, 0) is 37.6 Å². The van der Waals surface area contributed by atoms with Crippen molar-refractivity contribution in [2.75, 3.05) is 11.8 Å². The zero-order valence-corrected chi connectivity index (χ0v) is 12.5. The molecule has 0 atom stereocenters. The average Bonchev–Trinajstić information content (AvgIpc) is 2.42. The maximum atomic E-state index is 12.3. The first-order valence-corrected chi connectivity index (χ1v) is 7.65. The second kappa shape index (κ2) is 5.54. The van der Waals surface area contributed by atoms with Crippen molar-refractivity contribution < 1.29 is 13.2 Å². The van der Waals surface area contributed by atoms with Crippen LogP contribution in [-0.4, -0.2) is 15.5 Å². The molecule has 106 valence electrons. The molecular formula is C15H17NO3S. The van der Waals surface area contributed by atoms with Crippen LogP contribution in [0.5, 0.6) is 5.75 Å². The van der Waals surface area contributed by atoms with Gasteiger partial charge in [0, 0.05) is 6.07 Å². The lowest BCUT2D eigenvalue weighted by Crippen LogP contribution is -2.13.